The standard InChI is InChI=1S/C13H11ClFIN4O/c1-7-17-13(21-19-7)2-3-20-11-4-8(15)9(16)5-10(11)18-12(20)6-14/h4-5H,2-3,6H2,1H3. The van der Waals surface area contributed by atoms with Crippen LogP contribution in [-0.2, 0) is 18.8 Å². The van der Waals surface area contributed by atoms with Crippen LogP contribution in [0.3, 0.4) is 0 Å². The van der Waals surface area contributed by atoms with E-state index in [0.29, 0.717) is 34.1 Å². The predicted octanol–water partition coefficient (Wildman–Crippen LogP) is 3.45. The van der Waals surface area contributed by atoms with Gasteiger partial charge in [-0.15, -0.1) is 11.6 Å². The Kier molecular flexibility index (Phi) is 4.12. The van der Waals surface area contributed by atoms with Crippen molar-refractivity contribution in [3.63, 3.8) is 0 Å². The number of hydrogen-bond donors (Lipinski definition) is 0. The van der Waals surface area contributed by atoms with Crippen LogP contribution >= 0.6 is 34.2 Å². The van der Waals surface area contributed by atoms with Crippen molar-refractivity contribution >= 4 is 45.2 Å². The van der Waals surface area contributed by atoms with Crippen LogP contribution in [0.15, 0.2) is 16.7 Å². The van der Waals surface area contributed by atoms with Gasteiger partial charge in [0.1, 0.15) is 11.6 Å². The summed E-state index contributed by atoms with van der Waals surface area (Å²) in [5, 5.41) is 3.75. The Bertz CT molecular complexity index is 801. The molecule has 0 unspecified atom stereocenters. The quantitative estimate of drug-likeness (QED) is 0.479. The van der Waals surface area contributed by atoms with Crippen molar-refractivity contribution in [2.45, 2.75) is 25.8 Å². The number of fused-ring (bicyclic) bond motifs is 1. The molecule has 0 saturated carbocycles. The molecular weight excluding hydrogens is 410 g/mol. The van der Waals surface area contributed by atoms with E-state index >= 15 is 0 Å². The monoisotopic (exact) mass is 420 g/mol. The molecule has 1 aromatic carbocycles. The number of nitrogens with zero attached hydrogens (tertiary/aromatic N) is 4. The van der Waals surface area contributed by atoms with Crippen LogP contribution in [0.1, 0.15) is 17.5 Å². The minimum absolute atomic E-state index is 0.260. The third-order valence-corrected chi connectivity index (χ3v) is 4.17. The summed E-state index contributed by atoms with van der Waals surface area (Å²) in [4.78, 5) is 8.60. The van der Waals surface area contributed by atoms with E-state index in [-0.39, 0.29) is 11.7 Å². The van der Waals surface area contributed by atoms with Crippen molar-refractivity contribution in [3.05, 3.63) is 39.1 Å². The summed E-state index contributed by atoms with van der Waals surface area (Å²) in [5.41, 5.74) is 1.46. The Hall–Kier alpha value is -1.22. The van der Waals surface area contributed by atoms with Crippen LogP contribution in [0.2, 0.25) is 0 Å². The van der Waals surface area contributed by atoms with Gasteiger partial charge in [0.25, 0.3) is 0 Å². The molecule has 3 rings (SSSR count). The van der Waals surface area contributed by atoms with E-state index in [4.69, 9.17) is 16.1 Å². The van der Waals surface area contributed by atoms with E-state index in [1.54, 1.807) is 13.0 Å². The van der Waals surface area contributed by atoms with E-state index in [1.165, 1.54) is 6.07 Å². The highest BCUT2D eigenvalue weighted by molar-refractivity contribution is 14.1. The number of hydrogen-bond acceptors (Lipinski definition) is 4. The van der Waals surface area contributed by atoms with E-state index < -0.39 is 0 Å². The summed E-state index contributed by atoms with van der Waals surface area (Å²) >= 11 is 7.89. The van der Waals surface area contributed by atoms with Gasteiger partial charge in [-0.25, -0.2) is 9.37 Å². The number of aryl methyl sites for hydroxylation is 3. The lowest BCUT2D eigenvalue weighted by molar-refractivity contribution is 0.368. The van der Waals surface area contributed by atoms with E-state index in [1.807, 2.05) is 27.2 Å². The zero-order valence-electron chi connectivity index (χ0n) is 11.1. The molecule has 5 nitrogen and oxygen atoms in total. The van der Waals surface area contributed by atoms with E-state index in [2.05, 4.69) is 15.1 Å². The zero-order chi connectivity index (χ0) is 15.0. The van der Waals surface area contributed by atoms with Gasteiger partial charge in [-0.3, -0.25) is 0 Å². The first-order chi connectivity index (χ1) is 10.1. The van der Waals surface area contributed by atoms with Gasteiger partial charge >= 0.3 is 0 Å². The van der Waals surface area contributed by atoms with Crippen molar-refractivity contribution in [3.8, 4) is 0 Å². The number of benzene rings is 1. The largest absolute Gasteiger partial charge is 0.339 e. The second-order valence-corrected chi connectivity index (χ2v) is 5.98. The van der Waals surface area contributed by atoms with Crippen molar-refractivity contribution in [1.29, 1.82) is 0 Å². The molecule has 2 heterocycles. The fourth-order valence-corrected chi connectivity index (χ4v) is 2.83. The lowest BCUT2D eigenvalue weighted by Crippen LogP contribution is -2.05. The number of imidazole rings is 1. The highest BCUT2D eigenvalue weighted by atomic mass is 127. The highest BCUT2D eigenvalue weighted by Crippen LogP contribution is 2.23. The third kappa shape index (κ3) is 2.89. The summed E-state index contributed by atoms with van der Waals surface area (Å²) in [7, 11) is 0. The van der Waals surface area contributed by atoms with Gasteiger partial charge in [0, 0.05) is 19.0 Å². The minimum atomic E-state index is -0.265. The molecule has 0 radical (unpaired) electrons. The fraction of sp³-hybridized carbons (Fsp3) is 0.308. The summed E-state index contributed by atoms with van der Waals surface area (Å²) in [6.07, 6.45) is 0.545. The topological polar surface area (TPSA) is 56.7 Å². The average Bonchev–Trinajstić information content (AvgIpc) is 3.01. The zero-order valence-corrected chi connectivity index (χ0v) is 14.0. The molecule has 0 fully saturated rings. The molecule has 0 aliphatic carbocycles. The first-order valence-corrected chi connectivity index (χ1v) is 7.89. The number of aromatic nitrogens is 4. The summed E-state index contributed by atoms with van der Waals surface area (Å²) in [6.45, 7) is 2.32. The third-order valence-electron chi connectivity index (χ3n) is 3.11. The Morgan fingerprint density at radius 2 is 2.19 bits per heavy atom. The average molecular weight is 421 g/mol. The van der Waals surface area contributed by atoms with Crippen LogP contribution in [0.4, 0.5) is 4.39 Å². The van der Waals surface area contributed by atoms with Gasteiger partial charge in [0.2, 0.25) is 5.89 Å². The molecule has 110 valence electrons. The molecule has 0 saturated heterocycles. The fourth-order valence-electron chi connectivity index (χ4n) is 2.17. The Balaban J connectivity index is 1.97. The Morgan fingerprint density at radius 3 is 2.86 bits per heavy atom. The lowest BCUT2D eigenvalue weighted by atomic mass is 10.3. The molecule has 21 heavy (non-hydrogen) atoms. The second-order valence-electron chi connectivity index (χ2n) is 4.55. The van der Waals surface area contributed by atoms with Gasteiger partial charge in [-0.05, 0) is 35.6 Å². The highest BCUT2D eigenvalue weighted by Gasteiger charge is 2.14. The van der Waals surface area contributed by atoms with Gasteiger partial charge < -0.3 is 9.09 Å². The normalized spacial score (nSPS) is 11.4. The lowest BCUT2D eigenvalue weighted by Gasteiger charge is -2.06. The van der Waals surface area contributed by atoms with Crippen LogP contribution in [0.5, 0.6) is 0 Å². The van der Waals surface area contributed by atoms with Gasteiger partial charge in [-0.2, -0.15) is 4.98 Å². The SMILES string of the molecule is Cc1noc(CCn2c(CCl)nc3cc(I)c(F)cc32)n1. The molecule has 0 aliphatic heterocycles. The van der Waals surface area contributed by atoms with E-state index in [0.717, 1.165) is 11.0 Å². The summed E-state index contributed by atoms with van der Waals surface area (Å²) < 4.78 is 21.3. The molecule has 0 spiro atoms. The van der Waals surface area contributed by atoms with Crippen LogP contribution < -0.4 is 0 Å². The maximum atomic E-state index is 13.8. The Labute approximate surface area is 138 Å². The summed E-state index contributed by atoms with van der Waals surface area (Å²) in [6, 6.07) is 3.20. The second kappa shape index (κ2) is 5.88. The molecule has 0 atom stereocenters. The van der Waals surface area contributed by atoms with E-state index in [9.17, 15) is 4.39 Å². The molecule has 0 N–H and O–H groups in total. The van der Waals surface area contributed by atoms with Crippen LogP contribution in [0, 0.1) is 16.3 Å². The summed E-state index contributed by atoms with van der Waals surface area (Å²) in [5.74, 6) is 1.83. The Morgan fingerprint density at radius 1 is 1.38 bits per heavy atom. The minimum Gasteiger partial charge on any atom is -0.339 e. The first-order valence-electron chi connectivity index (χ1n) is 6.28. The number of alkyl halides is 1. The maximum Gasteiger partial charge on any atom is 0.228 e. The van der Waals surface area contributed by atoms with Gasteiger partial charge in [0.15, 0.2) is 5.82 Å². The molecule has 2 aromatic heterocycles. The van der Waals surface area contributed by atoms with Crippen molar-refractivity contribution in [1.82, 2.24) is 19.7 Å². The predicted molar refractivity (Wildman–Crippen MR) is 84.7 cm³/mol. The molecule has 0 aliphatic rings. The van der Waals surface area contributed by atoms with Crippen LogP contribution in [-0.4, -0.2) is 19.7 Å². The van der Waals surface area contributed by atoms with Crippen molar-refractivity contribution in [2.24, 2.45) is 0 Å². The molecule has 3 aromatic rings. The molecule has 0 amide bonds. The first kappa shape index (κ1) is 14.7. The molecular formula is C13H11ClFIN4O. The molecule has 8 heteroatoms. The number of halogens is 3. The van der Waals surface area contributed by atoms with Gasteiger partial charge in [-0.1, -0.05) is 5.16 Å². The number of rotatable bonds is 4. The van der Waals surface area contributed by atoms with Gasteiger partial charge in [0.05, 0.1) is 20.5 Å². The smallest absolute Gasteiger partial charge is 0.228 e. The van der Waals surface area contributed by atoms with Crippen molar-refractivity contribution < 1.29 is 8.91 Å². The molecule has 0 bridgehead atoms. The van der Waals surface area contributed by atoms with Crippen molar-refractivity contribution in [2.75, 3.05) is 0 Å². The van der Waals surface area contributed by atoms with Crippen LogP contribution in [0.25, 0.3) is 11.0 Å². The maximum absolute atomic E-state index is 13.8.